The number of hydrogen-bond donors (Lipinski definition) is 2. The summed E-state index contributed by atoms with van der Waals surface area (Å²) in [6, 6.07) is 3.03. The van der Waals surface area contributed by atoms with Crippen molar-refractivity contribution in [3.63, 3.8) is 0 Å². The van der Waals surface area contributed by atoms with E-state index in [1.165, 1.54) is 6.07 Å². The number of thiophene rings is 1. The van der Waals surface area contributed by atoms with Crippen LogP contribution in [0.5, 0.6) is 0 Å². The maximum absolute atomic E-state index is 12.2. The van der Waals surface area contributed by atoms with E-state index in [4.69, 9.17) is 5.11 Å². The summed E-state index contributed by atoms with van der Waals surface area (Å²) in [7, 11) is -3.52. The molecule has 0 spiro atoms. The standard InChI is InChI=1S/C12H17NO4S3/c1-18-9-3-2-8(6-9)13-20(16,17)12-5-4-10(19-12)7-11(14)15/h4-5,8-9,13H,2-3,6-7H2,1H3,(H,14,15). The number of rotatable bonds is 6. The fraction of sp³-hybridized carbons (Fsp3) is 0.583. The number of carboxylic acids is 1. The van der Waals surface area contributed by atoms with Crippen LogP contribution in [0.1, 0.15) is 24.1 Å². The summed E-state index contributed by atoms with van der Waals surface area (Å²) < 4.78 is 27.4. The Morgan fingerprint density at radius 2 is 2.25 bits per heavy atom. The van der Waals surface area contributed by atoms with Gasteiger partial charge in [-0.3, -0.25) is 4.79 Å². The number of carbonyl (C=O) groups is 1. The molecule has 0 saturated heterocycles. The van der Waals surface area contributed by atoms with Crippen molar-refractivity contribution in [1.29, 1.82) is 0 Å². The number of thioether (sulfide) groups is 1. The number of hydrogen-bond acceptors (Lipinski definition) is 5. The van der Waals surface area contributed by atoms with E-state index in [0.29, 0.717) is 10.1 Å². The molecule has 1 heterocycles. The normalized spacial score (nSPS) is 23.1. The first-order valence-corrected chi connectivity index (χ1v) is 9.85. The minimum absolute atomic E-state index is 0.0116. The molecular formula is C12H17NO4S3. The molecular weight excluding hydrogens is 318 g/mol. The largest absolute Gasteiger partial charge is 0.481 e. The summed E-state index contributed by atoms with van der Waals surface area (Å²) in [5.41, 5.74) is 0. The molecule has 1 aliphatic rings. The third-order valence-corrected chi connectivity index (χ3v) is 7.46. The summed E-state index contributed by atoms with van der Waals surface area (Å²) >= 11 is 2.79. The lowest BCUT2D eigenvalue weighted by Gasteiger charge is -2.12. The molecule has 0 aliphatic heterocycles. The second kappa shape index (κ2) is 6.46. The van der Waals surface area contributed by atoms with Crippen molar-refractivity contribution < 1.29 is 18.3 Å². The van der Waals surface area contributed by atoms with E-state index in [-0.39, 0.29) is 16.7 Å². The lowest BCUT2D eigenvalue weighted by atomic mass is 10.3. The number of nitrogens with one attached hydrogen (secondary N) is 1. The van der Waals surface area contributed by atoms with Crippen LogP contribution in [0, 0.1) is 0 Å². The van der Waals surface area contributed by atoms with Gasteiger partial charge < -0.3 is 5.11 Å². The van der Waals surface area contributed by atoms with Crippen molar-refractivity contribution in [1.82, 2.24) is 4.72 Å². The van der Waals surface area contributed by atoms with Crippen LogP contribution in [0.15, 0.2) is 16.3 Å². The van der Waals surface area contributed by atoms with Gasteiger partial charge in [-0.05, 0) is 37.7 Å². The van der Waals surface area contributed by atoms with Crippen LogP contribution in [0.2, 0.25) is 0 Å². The van der Waals surface area contributed by atoms with Crippen LogP contribution in [0.25, 0.3) is 0 Å². The summed E-state index contributed by atoms with van der Waals surface area (Å²) in [5.74, 6) is -0.956. The van der Waals surface area contributed by atoms with Crippen LogP contribution in [-0.2, 0) is 21.2 Å². The van der Waals surface area contributed by atoms with Gasteiger partial charge in [0.1, 0.15) is 4.21 Å². The van der Waals surface area contributed by atoms with E-state index in [0.717, 1.165) is 30.6 Å². The van der Waals surface area contributed by atoms with E-state index in [9.17, 15) is 13.2 Å². The van der Waals surface area contributed by atoms with Gasteiger partial charge in [-0.2, -0.15) is 11.8 Å². The lowest BCUT2D eigenvalue weighted by Crippen LogP contribution is -2.32. The molecule has 5 nitrogen and oxygen atoms in total. The molecule has 1 aliphatic carbocycles. The van der Waals surface area contributed by atoms with Gasteiger partial charge in [-0.1, -0.05) is 0 Å². The van der Waals surface area contributed by atoms with Gasteiger partial charge in [0.05, 0.1) is 6.42 Å². The molecule has 2 unspecified atom stereocenters. The minimum Gasteiger partial charge on any atom is -0.481 e. The molecule has 8 heteroatoms. The summed E-state index contributed by atoms with van der Waals surface area (Å²) in [5, 5.41) is 9.23. The molecule has 0 radical (unpaired) electrons. The third kappa shape index (κ3) is 3.97. The fourth-order valence-electron chi connectivity index (χ4n) is 2.29. The Labute approximate surface area is 126 Å². The van der Waals surface area contributed by atoms with Crippen molar-refractivity contribution in [2.24, 2.45) is 0 Å². The highest BCUT2D eigenvalue weighted by Gasteiger charge is 2.29. The van der Waals surface area contributed by atoms with E-state index in [1.54, 1.807) is 17.8 Å². The van der Waals surface area contributed by atoms with E-state index in [1.807, 2.05) is 6.26 Å². The molecule has 112 valence electrons. The maximum Gasteiger partial charge on any atom is 0.308 e. The monoisotopic (exact) mass is 335 g/mol. The molecule has 2 rings (SSSR count). The number of carboxylic acid groups (broad SMARTS) is 1. The van der Waals surface area contributed by atoms with Crippen molar-refractivity contribution in [3.05, 3.63) is 17.0 Å². The van der Waals surface area contributed by atoms with Crippen LogP contribution >= 0.6 is 23.1 Å². The zero-order valence-electron chi connectivity index (χ0n) is 11.0. The average molecular weight is 335 g/mol. The Bertz CT molecular complexity index is 581. The first kappa shape index (κ1) is 15.8. The predicted molar refractivity (Wildman–Crippen MR) is 80.9 cm³/mol. The summed E-state index contributed by atoms with van der Waals surface area (Å²) in [6.07, 6.45) is 4.64. The van der Waals surface area contributed by atoms with Crippen LogP contribution in [0.4, 0.5) is 0 Å². The summed E-state index contributed by atoms with van der Waals surface area (Å²) in [6.45, 7) is 0. The van der Waals surface area contributed by atoms with Gasteiger partial charge in [0.15, 0.2) is 0 Å². The van der Waals surface area contributed by atoms with Crippen molar-refractivity contribution >= 4 is 39.1 Å². The molecule has 20 heavy (non-hydrogen) atoms. The molecule has 2 atom stereocenters. The Hall–Kier alpha value is -0.570. The Morgan fingerprint density at radius 1 is 1.50 bits per heavy atom. The number of aliphatic carboxylic acids is 1. The molecule has 0 amide bonds. The molecule has 1 saturated carbocycles. The maximum atomic E-state index is 12.2. The molecule has 1 aromatic rings. The quantitative estimate of drug-likeness (QED) is 0.830. The lowest BCUT2D eigenvalue weighted by molar-refractivity contribution is -0.136. The zero-order chi connectivity index (χ0) is 14.8. The molecule has 1 fully saturated rings. The third-order valence-electron chi connectivity index (χ3n) is 3.27. The van der Waals surface area contributed by atoms with Gasteiger partial charge in [-0.15, -0.1) is 11.3 Å². The second-order valence-electron chi connectivity index (χ2n) is 4.78. The molecule has 0 aromatic carbocycles. The Kier molecular flexibility index (Phi) is 5.11. The van der Waals surface area contributed by atoms with Crippen LogP contribution in [-0.4, -0.2) is 37.0 Å². The highest BCUT2D eigenvalue weighted by Crippen LogP contribution is 2.30. The highest BCUT2D eigenvalue weighted by molar-refractivity contribution is 7.99. The Morgan fingerprint density at radius 3 is 2.85 bits per heavy atom. The van der Waals surface area contributed by atoms with Gasteiger partial charge in [0.2, 0.25) is 10.0 Å². The topological polar surface area (TPSA) is 83.5 Å². The highest BCUT2D eigenvalue weighted by atomic mass is 32.2. The fourth-order valence-corrected chi connectivity index (χ4v) is 5.73. The van der Waals surface area contributed by atoms with Gasteiger partial charge >= 0.3 is 5.97 Å². The first-order valence-electron chi connectivity index (χ1n) is 6.26. The predicted octanol–water partition coefficient (Wildman–Crippen LogP) is 1.94. The Balaban J connectivity index is 2.03. The van der Waals surface area contributed by atoms with Gasteiger partial charge in [-0.25, -0.2) is 13.1 Å². The van der Waals surface area contributed by atoms with E-state index < -0.39 is 16.0 Å². The minimum atomic E-state index is -3.52. The van der Waals surface area contributed by atoms with Gasteiger partial charge in [0.25, 0.3) is 0 Å². The van der Waals surface area contributed by atoms with Crippen molar-refractivity contribution in [2.75, 3.05) is 6.26 Å². The average Bonchev–Trinajstić information content (AvgIpc) is 2.97. The zero-order valence-corrected chi connectivity index (χ0v) is 13.5. The molecule has 2 N–H and O–H groups in total. The van der Waals surface area contributed by atoms with E-state index >= 15 is 0 Å². The smallest absolute Gasteiger partial charge is 0.308 e. The first-order chi connectivity index (χ1) is 9.40. The molecule has 1 aromatic heterocycles. The van der Waals surface area contributed by atoms with Gasteiger partial charge in [0, 0.05) is 16.2 Å². The number of sulfonamides is 1. The van der Waals surface area contributed by atoms with Crippen molar-refractivity contribution in [2.45, 2.75) is 41.2 Å². The second-order valence-corrected chi connectivity index (χ2v) is 9.03. The molecule has 0 bridgehead atoms. The SMILES string of the molecule is CSC1CCC(NS(=O)(=O)c2ccc(CC(=O)O)s2)C1. The van der Waals surface area contributed by atoms with Crippen molar-refractivity contribution in [3.8, 4) is 0 Å². The van der Waals surface area contributed by atoms with E-state index in [2.05, 4.69) is 4.72 Å². The van der Waals surface area contributed by atoms with Crippen LogP contribution in [0.3, 0.4) is 0 Å². The summed E-state index contributed by atoms with van der Waals surface area (Å²) in [4.78, 5) is 11.2. The van der Waals surface area contributed by atoms with Crippen LogP contribution < -0.4 is 4.72 Å².